The standard InChI is InChI=1S/C17H20FN3O2/c1-11-16(19-17(22)15-4-3-9-23-15)12(2)21(20-11)10-13-5-7-14(18)8-6-13/h5-8,15H,3-4,9-10H2,1-2H3,(H,19,22)/t15-/m0/s1. The second-order valence-electron chi connectivity index (χ2n) is 5.82. The number of aromatic nitrogens is 2. The Hall–Kier alpha value is -2.21. The summed E-state index contributed by atoms with van der Waals surface area (Å²) in [5, 5.41) is 7.40. The molecule has 1 aliphatic rings. The molecular weight excluding hydrogens is 297 g/mol. The number of carbonyl (C=O) groups is 1. The SMILES string of the molecule is Cc1nn(Cc2ccc(F)cc2)c(C)c1NC(=O)[C@@H]1CCCO1. The van der Waals surface area contributed by atoms with Crippen LogP contribution in [0.2, 0.25) is 0 Å². The summed E-state index contributed by atoms with van der Waals surface area (Å²) < 4.78 is 20.2. The predicted molar refractivity (Wildman–Crippen MR) is 84.8 cm³/mol. The van der Waals surface area contributed by atoms with Crippen LogP contribution in [0.4, 0.5) is 10.1 Å². The molecule has 1 fully saturated rings. The molecule has 0 saturated carbocycles. The summed E-state index contributed by atoms with van der Waals surface area (Å²) >= 11 is 0. The highest BCUT2D eigenvalue weighted by Crippen LogP contribution is 2.22. The zero-order valence-corrected chi connectivity index (χ0v) is 13.3. The molecule has 2 heterocycles. The van der Waals surface area contributed by atoms with E-state index in [1.54, 1.807) is 12.1 Å². The van der Waals surface area contributed by atoms with Crippen molar-refractivity contribution in [2.24, 2.45) is 0 Å². The molecule has 0 bridgehead atoms. The Balaban J connectivity index is 1.76. The molecule has 0 aliphatic carbocycles. The van der Waals surface area contributed by atoms with Crippen molar-refractivity contribution in [2.45, 2.75) is 39.3 Å². The average molecular weight is 317 g/mol. The number of rotatable bonds is 4. The fourth-order valence-electron chi connectivity index (χ4n) is 2.78. The van der Waals surface area contributed by atoms with Crippen molar-refractivity contribution in [1.29, 1.82) is 0 Å². The molecule has 1 aromatic heterocycles. The normalized spacial score (nSPS) is 17.4. The number of hydrogen-bond donors (Lipinski definition) is 1. The zero-order chi connectivity index (χ0) is 16.4. The second-order valence-corrected chi connectivity index (χ2v) is 5.82. The highest BCUT2D eigenvalue weighted by molar-refractivity contribution is 5.95. The number of benzene rings is 1. The quantitative estimate of drug-likeness (QED) is 0.943. The minimum absolute atomic E-state index is 0.116. The molecule has 0 spiro atoms. The lowest BCUT2D eigenvalue weighted by molar-refractivity contribution is -0.124. The molecule has 0 unspecified atom stereocenters. The number of anilines is 1. The first-order valence-corrected chi connectivity index (χ1v) is 7.75. The van der Waals surface area contributed by atoms with Gasteiger partial charge in [0.05, 0.1) is 23.6 Å². The highest BCUT2D eigenvalue weighted by atomic mass is 19.1. The van der Waals surface area contributed by atoms with Gasteiger partial charge in [-0.05, 0) is 44.4 Å². The third kappa shape index (κ3) is 3.42. The maximum absolute atomic E-state index is 13.0. The first-order valence-electron chi connectivity index (χ1n) is 7.75. The van der Waals surface area contributed by atoms with Gasteiger partial charge in [0.25, 0.3) is 5.91 Å². The van der Waals surface area contributed by atoms with Crippen molar-refractivity contribution < 1.29 is 13.9 Å². The fraction of sp³-hybridized carbons (Fsp3) is 0.412. The molecule has 1 aromatic carbocycles. The van der Waals surface area contributed by atoms with Gasteiger partial charge in [0, 0.05) is 6.61 Å². The van der Waals surface area contributed by atoms with Gasteiger partial charge in [0.2, 0.25) is 0 Å². The van der Waals surface area contributed by atoms with Crippen LogP contribution in [0.5, 0.6) is 0 Å². The van der Waals surface area contributed by atoms with Gasteiger partial charge in [-0.2, -0.15) is 5.10 Å². The van der Waals surface area contributed by atoms with Gasteiger partial charge in [-0.25, -0.2) is 4.39 Å². The monoisotopic (exact) mass is 317 g/mol. The first-order chi connectivity index (χ1) is 11.0. The van der Waals surface area contributed by atoms with Crippen LogP contribution in [0.15, 0.2) is 24.3 Å². The van der Waals surface area contributed by atoms with E-state index in [1.165, 1.54) is 12.1 Å². The number of nitrogens with zero attached hydrogens (tertiary/aromatic N) is 2. The summed E-state index contributed by atoms with van der Waals surface area (Å²) in [6.07, 6.45) is 1.31. The van der Waals surface area contributed by atoms with Gasteiger partial charge in [-0.15, -0.1) is 0 Å². The summed E-state index contributed by atoms with van der Waals surface area (Å²) in [7, 11) is 0. The molecule has 23 heavy (non-hydrogen) atoms. The molecule has 6 heteroatoms. The Morgan fingerprint density at radius 1 is 1.39 bits per heavy atom. The van der Waals surface area contributed by atoms with Crippen molar-refractivity contribution in [3.8, 4) is 0 Å². The summed E-state index contributed by atoms with van der Waals surface area (Å²) in [5.74, 6) is -0.373. The van der Waals surface area contributed by atoms with Crippen LogP contribution in [0, 0.1) is 19.7 Å². The number of halogens is 1. The van der Waals surface area contributed by atoms with Crippen LogP contribution < -0.4 is 5.32 Å². The summed E-state index contributed by atoms with van der Waals surface area (Å²) in [4.78, 5) is 12.2. The number of carbonyl (C=O) groups excluding carboxylic acids is 1. The van der Waals surface area contributed by atoms with Crippen LogP contribution in [0.25, 0.3) is 0 Å². The summed E-state index contributed by atoms with van der Waals surface area (Å²) in [6, 6.07) is 6.33. The number of amides is 1. The number of aryl methyl sites for hydroxylation is 1. The second kappa shape index (κ2) is 6.50. The molecule has 1 atom stereocenters. The third-order valence-electron chi connectivity index (χ3n) is 4.10. The first kappa shape index (κ1) is 15.7. The zero-order valence-electron chi connectivity index (χ0n) is 13.3. The Morgan fingerprint density at radius 2 is 2.13 bits per heavy atom. The molecule has 1 saturated heterocycles. The molecule has 0 radical (unpaired) electrons. The van der Waals surface area contributed by atoms with Crippen LogP contribution in [0.1, 0.15) is 29.8 Å². The lowest BCUT2D eigenvalue weighted by Crippen LogP contribution is -2.27. The topological polar surface area (TPSA) is 56.2 Å². The van der Waals surface area contributed by atoms with Gasteiger partial charge in [-0.1, -0.05) is 12.1 Å². The molecule has 1 aliphatic heterocycles. The van der Waals surface area contributed by atoms with E-state index in [2.05, 4.69) is 10.4 Å². The van der Waals surface area contributed by atoms with Crippen LogP contribution in [-0.2, 0) is 16.1 Å². The van der Waals surface area contributed by atoms with Crippen molar-refractivity contribution in [1.82, 2.24) is 9.78 Å². The van der Waals surface area contributed by atoms with E-state index in [0.717, 1.165) is 35.5 Å². The van der Waals surface area contributed by atoms with E-state index in [0.29, 0.717) is 13.2 Å². The van der Waals surface area contributed by atoms with E-state index in [-0.39, 0.29) is 17.8 Å². The number of ether oxygens (including phenoxy) is 1. The molecule has 122 valence electrons. The largest absolute Gasteiger partial charge is 0.368 e. The molecule has 1 N–H and O–H groups in total. The van der Waals surface area contributed by atoms with Crippen LogP contribution in [0.3, 0.4) is 0 Å². The van der Waals surface area contributed by atoms with E-state index >= 15 is 0 Å². The van der Waals surface area contributed by atoms with E-state index in [9.17, 15) is 9.18 Å². The maximum atomic E-state index is 13.0. The lowest BCUT2D eigenvalue weighted by atomic mass is 10.2. The van der Waals surface area contributed by atoms with Gasteiger partial charge in [-0.3, -0.25) is 9.48 Å². The lowest BCUT2D eigenvalue weighted by Gasteiger charge is -2.11. The Morgan fingerprint density at radius 3 is 2.78 bits per heavy atom. The Bertz CT molecular complexity index is 703. The number of hydrogen-bond acceptors (Lipinski definition) is 3. The highest BCUT2D eigenvalue weighted by Gasteiger charge is 2.25. The summed E-state index contributed by atoms with van der Waals surface area (Å²) in [6.45, 7) is 4.94. The van der Waals surface area contributed by atoms with Crippen LogP contribution in [-0.4, -0.2) is 28.4 Å². The van der Waals surface area contributed by atoms with Crippen molar-refractivity contribution in [3.05, 3.63) is 47.0 Å². The van der Waals surface area contributed by atoms with Gasteiger partial charge >= 0.3 is 0 Å². The summed E-state index contributed by atoms with van der Waals surface area (Å²) in [5.41, 5.74) is 3.32. The number of nitrogens with one attached hydrogen (secondary N) is 1. The predicted octanol–water partition coefficient (Wildman–Crippen LogP) is 2.80. The van der Waals surface area contributed by atoms with E-state index < -0.39 is 0 Å². The third-order valence-corrected chi connectivity index (χ3v) is 4.10. The van der Waals surface area contributed by atoms with Crippen molar-refractivity contribution >= 4 is 11.6 Å². The average Bonchev–Trinajstić information content (AvgIpc) is 3.14. The Kier molecular flexibility index (Phi) is 4.43. The fourth-order valence-corrected chi connectivity index (χ4v) is 2.78. The van der Waals surface area contributed by atoms with Gasteiger partial charge in [0.15, 0.2) is 0 Å². The van der Waals surface area contributed by atoms with Gasteiger partial charge in [0.1, 0.15) is 11.9 Å². The Labute approximate surface area is 134 Å². The van der Waals surface area contributed by atoms with E-state index in [1.807, 2.05) is 18.5 Å². The maximum Gasteiger partial charge on any atom is 0.253 e. The molecular formula is C17H20FN3O2. The molecule has 2 aromatic rings. The van der Waals surface area contributed by atoms with Crippen molar-refractivity contribution in [3.63, 3.8) is 0 Å². The van der Waals surface area contributed by atoms with Crippen LogP contribution >= 0.6 is 0 Å². The minimum Gasteiger partial charge on any atom is -0.368 e. The molecule has 3 rings (SSSR count). The van der Waals surface area contributed by atoms with E-state index in [4.69, 9.17) is 4.74 Å². The molecule has 5 nitrogen and oxygen atoms in total. The van der Waals surface area contributed by atoms with Gasteiger partial charge < -0.3 is 10.1 Å². The smallest absolute Gasteiger partial charge is 0.253 e. The van der Waals surface area contributed by atoms with Crippen molar-refractivity contribution in [2.75, 3.05) is 11.9 Å². The minimum atomic E-state index is -0.366. The molecule has 1 amide bonds.